The summed E-state index contributed by atoms with van der Waals surface area (Å²) < 4.78 is 4.66. The minimum atomic E-state index is -0.488. The van der Waals surface area contributed by atoms with Gasteiger partial charge in [0.05, 0.1) is 17.6 Å². The third kappa shape index (κ3) is 2.10. The van der Waals surface area contributed by atoms with Crippen molar-refractivity contribution in [1.82, 2.24) is 0 Å². The van der Waals surface area contributed by atoms with E-state index in [9.17, 15) is 14.9 Å². The van der Waals surface area contributed by atoms with Crippen LogP contribution in [0.4, 0.5) is 5.69 Å². The van der Waals surface area contributed by atoms with Crippen LogP contribution >= 0.6 is 11.3 Å². The number of hydrogen-bond acceptors (Lipinski definition) is 5. The summed E-state index contributed by atoms with van der Waals surface area (Å²) in [6.45, 7) is 0. The summed E-state index contributed by atoms with van der Waals surface area (Å²) in [5.41, 5.74) is 0.921. The van der Waals surface area contributed by atoms with Crippen LogP contribution < -0.4 is 0 Å². The van der Waals surface area contributed by atoms with E-state index in [2.05, 4.69) is 4.74 Å². The fourth-order valence-electron chi connectivity index (χ4n) is 1.63. The van der Waals surface area contributed by atoms with Crippen LogP contribution in [0, 0.1) is 10.1 Å². The Bertz CT molecular complexity index is 606. The van der Waals surface area contributed by atoms with Gasteiger partial charge in [-0.25, -0.2) is 4.79 Å². The molecule has 0 saturated carbocycles. The van der Waals surface area contributed by atoms with Crippen LogP contribution in [0.1, 0.15) is 9.67 Å². The first-order valence-electron chi connectivity index (χ1n) is 5.04. The molecule has 0 spiro atoms. The molecule has 92 valence electrons. The second-order valence-electron chi connectivity index (χ2n) is 3.43. The Labute approximate surface area is 107 Å². The number of benzene rings is 1. The highest BCUT2D eigenvalue weighted by Gasteiger charge is 2.21. The molecule has 5 nitrogen and oxygen atoms in total. The lowest BCUT2D eigenvalue weighted by molar-refractivity contribution is -0.384. The molecule has 0 N–H and O–H groups in total. The van der Waals surface area contributed by atoms with Crippen LogP contribution in [0.2, 0.25) is 0 Å². The molecule has 0 radical (unpaired) electrons. The molecule has 0 fully saturated rings. The average Bonchev–Trinajstić information content (AvgIpc) is 2.86. The van der Waals surface area contributed by atoms with Gasteiger partial charge >= 0.3 is 5.97 Å². The molecule has 1 aromatic carbocycles. The highest BCUT2D eigenvalue weighted by atomic mass is 32.1. The van der Waals surface area contributed by atoms with E-state index in [0.717, 1.165) is 0 Å². The quantitative estimate of drug-likeness (QED) is 0.484. The lowest BCUT2D eigenvalue weighted by Gasteiger charge is -2.03. The summed E-state index contributed by atoms with van der Waals surface area (Å²) in [6, 6.07) is 7.99. The first kappa shape index (κ1) is 12.3. The van der Waals surface area contributed by atoms with E-state index in [4.69, 9.17) is 0 Å². The van der Waals surface area contributed by atoms with Crippen molar-refractivity contribution >= 4 is 23.0 Å². The van der Waals surface area contributed by atoms with Crippen LogP contribution in [-0.2, 0) is 4.74 Å². The predicted octanol–water partition coefficient (Wildman–Crippen LogP) is 3.11. The molecule has 0 bridgehead atoms. The molecule has 0 unspecified atom stereocenters. The normalized spacial score (nSPS) is 10.1. The fraction of sp³-hybridized carbons (Fsp3) is 0.0833. The lowest BCUT2D eigenvalue weighted by atomic mass is 10.0. The minimum Gasteiger partial charge on any atom is -0.465 e. The summed E-state index contributed by atoms with van der Waals surface area (Å²) in [5.74, 6) is -0.488. The van der Waals surface area contributed by atoms with E-state index >= 15 is 0 Å². The Morgan fingerprint density at radius 2 is 2.00 bits per heavy atom. The summed E-state index contributed by atoms with van der Waals surface area (Å²) >= 11 is 1.20. The lowest BCUT2D eigenvalue weighted by Crippen LogP contribution is -2.00. The third-order valence-corrected chi connectivity index (χ3v) is 3.32. The molecule has 2 aromatic rings. The van der Waals surface area contributed by atoms with Crippen molar-refractivity contribution in [2.45, 2.75) is 0 Å². The van der Waals surface area contributed by atoms with E-state index in [1.54, 1.807) is 29.6 Å². The maximum absolute atomic E-state index is 11.6. The molecule has 0 aliphatic heterocycles. The highest BCUT2D eigenvalue weighted by molar-refractivity contribution is 7.12. The molecule has 1 aromatic heterocycles. The van der Waals surface area contributed by atoms with Gasteiger partial charge in [0.15, 0.2) is 0 Å². The molecule has 0 saturated heterocycles. The number of methoxy groups -OCH3 is 1. The second-order valence-corrected chi connectivity index (χ2v) is 4.35. The maximum atomic E-state index is 11.6. The van der Waals surface area contributed by atoms with Gasteiger partial charge in [-0.3, -0.25) is 10.1 Å². The van der Waals surface area contributed by atoms with E-state index in [1.165, 1.54) is 24.5 Å². The zero-order chi connectivity index (χ0) is 13.1. The predicted molar refractivity (Wildman–Crippen MR) is 67.7 cm³/mol. The number of nitro benzene ring substituents is 1. The monoisotopic (exact) mass is 263 g/mol. The van der Waals surface area contributed by atoms with Gasteiger partial charge in [-0.05, 0) is 17.5 Å². The van der Waals surface area contributed by atoms with E-state index in [-0.39, 0.29) is 5.69 Å². The third-order valence-electron chi connectivity index (χ3n) is 2.43. The molecule has 0 atom stereocenters. The molecular weight excluding hydrogens is 254 g/mol. The van der Waals surface area contributed by atoms with Crippen molar-refractivity contribution in [2.24, 2.45) is 0 Å². The van der Waals surface area contributed by atoms with Crippen molar-refractivity contribution in [3.63, 3.8) is 0 Å². The number of carbonyl (C=O) groups is 1. The van der Waals surface area contributed by atoms with Crippen LogP contribution in [0.5, 0.6) is 0 Å². The van der Waals surface area contributed by atoms with Gasteiger partial charge in [-0.2, -0.15) is 0 Å². The summed E-state index contributed by atoms with van der Waals surface area (Å²) in [5, 5.41) is 12.7. The molecular formula is C12H9NO4S. The first-order valence-corrected chi connectivity index (χ1v) is 5.92. The molecule has 0 aliphatic carbocycles. The molecule has 2 rings (SSSR count). The minimum absolute atomic E-state index is 0.0268. The van der Waals surface area contributed by atoms with Gasteiger partial charge in [0.25, 0.3) is 5.69 Å². The number of carbonyl (C=O) groups excluding carboxylic acids is 1. The van der Waals surface area contributed by atoms with Crippen molar-refractivity contribution in [3.05, 3.63) is 50.7 Å². The van der Waals surface area contributed by atoms with Gasteiger partial charge in [0, 0.05) is 11.6 Å². The summed E-state index contributed by atoms with van der Waals surface area (Å²) in [6.07, 6.45) is 0. The Morgan fingerprint density at radius 1 is 1.28 bits per heavy atom. The summed E-state index contributed by atoms with van der Waals surface area (Å²) in [4.78, 5) is 22.4. The molecule has 1 heterocycles. The SMILES string of the molecule is COC(=O)c1sccc1-c1ccccc1[N+](=O)[O-]. The summed E-state index contributed by atoms with van der Waals surface area (Å²) in [7, 11) is 1.28. The van der Waals surface area contributed by atoms with Crippen molar-refractivity contribution in [3.8, 4) is 11.1 Å². The molecule has 18 heavy (non-hydrogen) atoms. The fourth-order valence-corrected chi connectivity index (χ4v) is 2.46. The van der Waals surface area contributed by atoms with E-state index < -0.39 is 10.9 Å². The molecule has 0 aliphatic rings. The van der Waals surface area contributed by atoms with Gasteiger partial charge < -0.3 is 4.74 Å². The molecule has 0 amide bonds. The van der Waals surface area contributed by atoms with Crippen molar-refractivity contribution in [2.75, 3.05) is 7.11 Å². The maximum Gasteiger partial charge on any atom is 0.348 e. The van der Waals surface area contributed by atoms with Crippen molar-refractivity contribution < 1.29 is 14.5 Å². The smallest absolute Gasteiger partial charge is 0.348 e. The van der Waals surface area contributed by atoms with Crippen LogP contribution in [0.25, 0.3) is 11.1 Å². The Balaban J connectivity index is 2.60. The van der Waals surface area contributed by atoms with Gasteiger partial charge in [-0.15, -0.1) is 11.3 Å². The number of rotatable bonds is 3. The van der Waals surface area contributed by atoms with E-state index in [0.29, 0.717) is 16.0 Å². The van der Waals surface area contributed by atoms with E-state index in [1.807, 2.05) is 0 Å². The number of nitrogens with zero attached hydrogens (tertiary/aromatic N) is 1. The van der Waals surface area contributed by atoms with Gasteiger partial charge in [0.2, 0.25) is 0 Å². The zero-order valence-corrected chi connectivity index (χ0v) is 10.3. The van der Waals surface area contributed by atoms with Crippen molar-refractivity contribution in [1.29, 1.82) is 0 Å². The number of nitro groups is 1. The van der Waals surface area contributed by atoms with Crippen LogP contribution in [-0.4, -0.2) is 18.0 Å². The topological polar surface area (TPSA) is 69.4 Å². The number of para-hydroxylation sites is 1. The standard InChI is InChI=1S/C12H9NO4S/c1-17-12(14)11-9(6-7-18-11)8-4-2-3-5-10(8)13(15)16/h2-7H,1H3. The van der Waals surface area contributed by atoms with Crippen LogP contribution in [0.3, 0.4) is 0 Å². The number of ether oxygens (including phenoxy) is 1. The largest absolute Gasteiger partial charge is 0.465 e. The second kappa shape index (κ2) is 4.97. The zero-order valence-electron chi connectivity index (χ0n) is 9.45. The Hall–Kier alpha value is -2.21. The molecule has 6 heteroatoms. The average molecular weight is 263 g/mol. The number of thiophene rings is 1. The van der Waals surface area contributed by atoms with Gasteiger partial charge in [-0.1, -0.05) is 12.1 Å². The number of esters is 1. The Kier molecular flexibility index (Phi) is 3.38. The highest BCUT2D eigenvalue weighted by Crippen LogP contribution is 2.34. The Morgan fingerprint density at radius 3 is 2.67 bits per heavy atom. The first-order chi connectivity index (χ1) is 8.65. The number of hydrogen-bond donors (Lipinski definition) is 0. The van der Waals surface area contributed by atoms with Crippen LogP contribution in [0.15, 0.2) is 35.7 Å². The van der Waals surface area contributed by atoms with Gasteiger partial charge in [0.1, 0.15) is 4.88 Å².